The van der Waals surface area contributed by atoms with Crippen molar-refractivity contribution in [2.24, 2.45) is 0 Å². The van der Waals surface area contributed by atoms with Gasteiger partial charge in [0.15, 0.2) is 11.5 Å². The van der Waals surface area contributed by atoms with Crippen molar-refractivity contribution < 1.29 is 18.6 Å². The minimum Gasteiger partial charge on any atom is -0.444 e. The number of likely N-dealkylation sites (tertiary alicyclic amines) is 1. The first-order valence-electron chi connectivity index (χ1n) is 15.3. The van der Waals surface area contributed by atoms with E-state index in [9.17, 15) is 4.39 Å². The average molecular weight is 607 g/mol. The van der Waals surface area contributed by atoms with Crippen LogP contribution in [0.2, 0.25) is 0 Å². The van der Waals surface area contributed by atoms with Gasteiger partial charge in [0, 0.05) is 24.7 Å². The molecule has 3 aliphatic heterocycles. The molecule has 5 aromatic rings. The molecule has 3 aromatic carbocycles. The Hall–Kier alpha value is -4.86. The van der Waals surface area contributed by atoms with Gasteiger partial charge < -0.3 is 18.8 Å². The first-order chi connectivity index (χ1) is 22.0. The van der Waals surface area contributed by atoms with Crippen molar-refractivity contribution in [2.75, 3.05) is 19.7 Å². The molecule has 2 aromatic heterocycles. The number of halogens is 1. The Balaban J connectivity index is 0.998. The molecule has 0 amide bonds. The Kier molecular flexibility index (Phi) is 6.73. The fourth-order valence-electron chi connectivity index (χ4n) is 6.69. The van der Waals surface area contributed by atoms with E-state index in [-0.39, 0.29) is 23.1 Å². The molecule has 8 rings (SSSR count). The van der Waals surface area contributed by atoms with Crippen molar-refractivity contribution in [1.29, 1.82) is 5.26 Å². The highest BCUT2D eigenvalue weighted by Gasteiger charge is 2.43. The summed E-state index contributed by atoms with van der Waals surface area (Å²) in [7, 11) is 0. The number of ether oxygens (including phenoxy) is 3. The van der Waals surface area contributed by atoms with E-state index < -0.39 is 11.6 Å². The Bertz CT molecular complexity index is 1920. The van der Waals surface area contributed by atoms with Crippen molar-refractivity contribution in [3.05, 3.63) is 82.9 Å². The summed E-state index contributed by atoms with van der Waals surface area (Å²) in [6.07, 6.45) is 3.11. The monoisotopic (exact) mass is 606 g/mol. The summed E-state index contributed by atoms with van der Waals surface area (Å²) in [5, 5.41) is 23.7. The van der Waals surface area contributed by atoms with Crippen molar-refractivity contribution in [3.63, 3.8) is 0 Å². The van der Waals surface area contributed by atoms with E-state index in [0.717, 1.165) is 80.0 Å². The van der Waals surface area contributed by atoms with Gasteiger partial charge in [0.05, 0.1) is 47.4 Å². The number of fused-ring (bicyclic) bond motifs is 2. The second kappa shape index (κ2) is 10.9. The van der Waals surface area contributed by atoms with E-state index in [1.807, 2.05) is 30.3 Å². The maximum Gasteiger partial charge on any atom is 0.278 e. The Labute approximate surface area is 258 Å². The number of benzene rings is 3. The number of hydrogen-bond donors (Lipinski definition) is 1. The minimum atomic E-state index is -1.32. The molecule has 1 N–H and O–H groups in total. The predicted octanol–water partition coefficient (Wildman–Crippen LogP) is 5.04. The maximum absolute atomic E-state index is 15.0. The molecule has 0 spiro atoms. The quantitative estimate of drug-likeness (QED) is 0.271. The average Bonchev–Trinajstić information content (AvgIpc) is 3.76. The number of nitrogens with one attached hydrogen (secondary N) is 1. The Morgan fingerprint density at radius 3 is 2.69 bits per heavy atom. The third-order valence-corrected chi connectivity index (χ3v) is 9.20. The SMILES string of the molecule is CC1(c2ccc(C#N)cc2F)Oc2cccc(C3CCN(Cc4nc5ccc(-c6nn[nH]n6)cc5n4CC4CCO4)CC3)c2O1. The van der Waals surface area contributed by atoms with Gasteiger partial charge in [-0.15, -0.1) is 10.2 Å². The van der Waals surface area contributed by atoms with Crippen LogP contribution in [0.1, 0.15) is 54.6 Å². The van der Waals surface area contributed by atoms with E-state index >= 15 is 0 Å². The second-order valence-corrected chi connectivity index (χ2v) is 12.0. The molecule has 2 atom stereocenters. The lowest BCUT2D eigenvalue weighted by molar-refractivity contribution is -0.0712. The summed E-state index contributed by atoms with van der Waals surface area (Å²) >= 11 is 0. The van der Waals surface area contributed by atoms with Crippen molar-refractivity contribution >= 4 is 11.0 Å². The normalized spacial score (nSPS) is 21.6. The number of H-pyrrole nitrogens is 1. The van der Waals surface area contributed by atoms with E-state index in [2.05, 4.69) is 42.2 Å². The van der Waals surface area contributed by atoms with Gasteiger partial charge in [0.1, 0.15) is 11.6 Å². The van der Waals surface area contributed by atoms with Crippen LogP contribution in [0.5, 0.6) is 11.5 Å². The number of piperidine rings is 1. The number of aromatic nitrogens is 6. The molecule has 0 radical (unpaired) electrons. The van der Waals surface area contributed by atoms with Gasteiger partial charge in [-0.2, -0.15) is 10.5 Å². The van der Waals surface area contributed by atoms with Crippen molar-refractivity contribution in [3.8, 4) is 29.0 Å². The number of imidazole rings is 1. The molecule has 0 saturated carbocycles. The lowest BCUT2D eigenvalue weighted by Gasteiger charge is -2.33. The molecular formula is C33H31FN8O3. The number of aromatic amines is 1. The Morgan fingerprint density at radius 2 is 1.96 bits per heavy atom. The fraction of sp³-hybridized carbons (Fsp3) is 0.364. The molecular weight excluding hydrogens is 575 g/mol. The summed E-state index contributed by atoms with van der Waals surface area (Å²) in [5.41, 5.74) is 4.45. The lowest BCUT2D eigenvalue weighted by Crippen LogP contribution is -2.35. The van der Waals surface area contributed by atoms with Gasteiger partial charge in [0.2, 0.25) is 5.82 Å². The molecule has 228 valence electrons. The highest BCUT2D eigenvalue weighted by atomic mass is 19.1. The third-order valence-electron chi connectivity index (χ3n) is 9.20. The maximum atomic E-state index is 15.0. The molecule has 2 fully saturated rings. The van der Waals surface area contributed by atoms with Crippen LogP contribution in [0, 0.1) is 17.1 Å². The molecule has 3 aliphatic rings. The smallest absolute Gasteiger partial charge is 0.278 e. The molecule has 2 unspecified atom stereocenters. The highest BCUT2D eigenvalue weighted by molar-refractivity contribution is 5.81. The number of rotatable bonds is 7. The van der Waals surface area contributed by atoms with E-state index in [0.29, 0.717) is 17.3 Å². The van der Waals surface area contributed by atoms with E-state index in [1.165, 1.54) is 6.07 Å². The van der Waals surface area contributed by atoms with Crippen LogP contribution in [-0.2, 0) is 23.6 Å². The first-order valence-corrected chi connectivity index (χ1v) is 15.3. The summed E-state index contributed by atoms with van der Waals surface area (Å²) in [6.45, 7) is 5.80. The lowest BCUT2D eigenvalue weighted by atomic mass is 9.88. The zero-order valence-electron chi connectivity index (χ0n) is 24.7. The summed E-state index contributed by atoms with van der Waals surface area (Å²) < 4.78 is 35.6. The predicted molar refractivity (Wildman–Crippen MR) is 161 cm³/mol. The minimum absolute atomic E-state index is 0.187. The topological polar surface area (TPSA) is 127 Å². The standard InChI is InChI=1S/C33H31FN8O3/c1-33(25-7-5-20(17-35)15-26(25)34)44-29-4-2-3-24(31(29)45-33)21-9-12-41(13-10-21)19-30-36-27-8-6-22(32-37-39-40-38-32)16-28(27)42(30)18-23-11-14-43-23/h2-8,15-16,21,23H,9-14,18-19H2,1H3,(H,37,38,39,40). The molecule has 5 heterocycles. The summed E-state index contributed by atoms with van der Waals surface area (Å²) in [5.74, 6) is 1.27. The molecule has 2 saturated heterocycles. The zero-order chi connectivity index (χ0) is 30.5. The van der Waals surface area contributed by atoms with Crippen LogP contribution >= 0.6 is 0 Å². The molecule has 11 nitrogen and oxygen atoms in total. The number of nitriles is 1. The number of tetrazole rings is 1. The summed E-state index contributed by atoms with van der Waals surface area (Å²) in [6, 6.07) is 18.3. The molecule has 0 bridgehead atoms. The molecule has 12 heteroatoms. The van der Waals surface area contributed by atoms with Crippen LogP contribution in [0.25, 0.3) is 22.4 Å². The second-order valence-electron chi connectivity index (χ2n) is 12.0. The van der Waals surface area contributed by atoms with E-state index in [1.54, 1.807) is 19.1 Å². The fourth-order valence-corrected chi connectivity index (χ4v) is 6.69. The molecule has 0 aliphatic carbocycles. The number of para-hydroxylation sites is 1. The largest absolute Gasteiger partial charge is 0.444 e. The van der Waals surface area contributed by atoms with Crippen LogP contribution in [0.15, 0.2) is 54.6 Å². The first kappa shape index (κ1) is 27.7. The zero-order valence-corrected chi connectivity index (χ0v) is 24.7. The van der Waals surface area contributed by atoms with Gasteiger partial charge in [-0.1, -0.05) is 12.1 Å². The van der Waals surface area contributed by atoms with E-state index in [4.69, 9.17) is 24.5 Å². The van der Waals surface area contributed by atoms with Crippen LogP contribution in [0.4, 0.5) is 4.39 Å². The highest BCUT2D eigenvalue weighted by Crippen LogP contribution is 2.49. The van der Waals surface area contributed by atoms with Crippen LogP contribution in [0.3, 0.4) is 0 Å². The third kappa shape index (κ3) is 4.98. The van der Waals surface area contributed by atoms with Gasteiger partial charge in [0.25, 0.3) is 5.79 Å². The van der Waals surface area contributed by atoms with Gasteiger partial charge in [-0.3, -0.25) is 4.90 Å². The molecule has 45 heavy (non-hydrogen) atoms. The number of hydrogen-bond acceptors (Lipinski definition) is 9. The van der Waals surface area contributed by atoms with Gasteiger partial charge in [-0.05, 0) is 85.9 Å². The van der Waals surface area contributed by atoms with Crippen molar-refractivity contribution in [1.82, 2.24) is 35.1 Å². The number of nitrogens with zero attached hydrogens (tertiary/aromatic N) is 7. The van der Waals surface area contributed by atoms with Crippen LogP contribution < -0.4 is 9.47 Å². The van der Waals surface area contributed by atoms with Crippen LogP contribution in [-0.4, -0.2) is 60.9 Å². The van der Waals surface area contributed by atoms with Crippen molar-refractivity contribution in [2.45, 2.75) is 57.1 Å². The van der Waals surface area contributed by atoms with Gasteiger partial charge >= 0.3 is 0 Å². The Morgan fingerprint density at radius 1 is 1.09 bits per heavy atom. The summed E-state index contributed by atoms with van der Waals surface area (Å²) in [4.78, 5) is 7.50. The van der Waals surface area contributed by atoms with Gasteiger partial charge in [-0.25, -0.2) is 9.37 Å².